The van der Waals surface area contributed by atoms with Gasteiger partial charge in [-0.2, -0.15) is 0 Å². The Bertz CT molecular complexity index is 1020. The van der Waals surface area contributed by atoms with Gasteiger partial charge in [0.25, 0.3) is 0 Å². The Morgan fingerprint density at radius 1 is 1.16 bits per heavy atom. The lowest BCUT2D eigenvalue weighted by Crippen LogP contribution is -2.42. The molecule has 4 rings (SSSR count). The van der Waals surface area contributed by atoms with E-state index in [1.165, 1.54) is 10.5 Å². The summed E-state index contributed by atoms with van der Waals surface area (Å²) in [4.78, 5) is 19.5. The first-order valence-corrected chi connectivity index (χ1v) is 11.5. The van der Waals surface area contributed by atoms with Gasteiger partial charge in [0, 0.05) is 41.9 Å². The molecule has 0 bridgehead atoms. The van der Waals surface area contributed by atoms with Crippen LogP contribution in [-0.4, -0.2) is 35.3 Å². The van der Waals surface area contributed by atoms with Crippen LogP contribution in [0.15, 0.2) is 70.7 Å². The first kappa shape index (κ1) is 21.7. The van der Waals surface area contributed by atoms with Crippen molar-refractivity contribution in [2.75, 3.05) is 19.8 Å². The molecule has 2 aromatic carbocycles. The smallest absolute Gasteiger partial charge is 0.316 e. The van der Waals surface area contributed by atoms with E-state index < -0.39 is 5.41 Å². The van der Waals surface area contributed by atoms with Crippen LogP contribution in [0.5, 0.6) is 0 Å². The standard InChI is InChI=1S/C25H28N2O3S/c1-3-30-24(28)25(11-15-29-16-12-25)21-5-4-6-23(17-21)31-22-9-7-20(8-10-22)18-27-14-13-26-19(27)2/h4-10,13-14,17H,3,11-12,15-16,18H2,1-2H3. The molecule has 31 heavy (non-hydrogen) atoms. The van der Waals surface area contributed by atoms with Crippen molar-refractivity contribution in [2.45, 2.75) is 48.4 Å². The first-order valence-electron chi connectivity index (χ1n) is 10.7. The molecule has 0 radical (unpaired) electrons. The number of benzene rings is 2. The fourth-order valence-electron chi connectivity index (χ4n) is 4.02. The molecule has 6 heteroatoms. The average molecular weight is 437 g/mol. The molecular weight excluding hydrogens is 408 g/mol. The average Bonchev–Trinajstić information content (AvgIpc) is 3.20. The molecule has 1 aliphatic rings. The van der Waals surface area contributed by atoms with E-state index in [2.05, 4.69) is 45.9 Å². The van der Waals surface area contributed by atoms with Gasteiger partial charge in [0.05, 0.1) is 12.0 Å². The van der Waals surface area contributed by atoms with Crippen molar-refractivity contribution >= 4 is 17.7 Å². The highest BCUT2D eigenvalue weighted by molar-refractivity contribution is 7.99. The van der Waals surface area contributed by atoms with Crippen LogP contribution in [0.3, 0.4) is 0 Å². The van der Waals surface area contributed by atoms with Crippen LogP contribution in [0.25, 0.3) is 0 Å². The normalized spacial score (nSPS) is 15.5. The number of esters is 1. The summed E-state index contributed by atoms with van der Waals surface area (Å²) in [5.74, 6) is 0.874. The molecule has 0 unspecified atom stereocenters. The van der Waals surface area contributed by atoms with Crippen LogP contribution in [-0.2, 0) is 26.2 Å². The summed E-state index contributed by atoms with van der Waals surface area (Å²) in [5, 5.41) is 0. The number of aromatic nitrogens is 2. The number of imidazole rings is 1. The summed E-state index contributed by atoms with van der Waals surface area (Å²) in [6.07, 6.45) is 5.14. The number of hydrogen-bond donors (Lipinski definition) is 0. The summed E-state index contributed by atoms with van der Waals surface area (Å²) in [5.41, 5.74) is 1.64. The van der Waals surface area contributed by atoms with Crippen molar-refractivity contribution in [3.8, 4) is 0 Å². The maximum absolute atomic E-state index is 12.9. The van der Waals surface area contributed by atoms with Crippen molar-refractivity contribution in [2.24, 2.45) is 0 Å². The molecule has 1 aliphatic heterocycles. The number of aryl methyl sites for hydroxylation is 1. The molecule has 0 N–H and O–H groups in total. The van der Waals surface area contributed by atoms with E-state index in [0.717, 1.165) is 22.8 Å². The van der Waals surface area contributed by atoms with Crippen molar-refractivity contribution in [3.63, 3.8) is 0 Å². The van der Waals surface area contributed by atoms with Crippen LogP contribution in [0, 0.1) is 6.92 Å². The van der Waals surface area contributed by atoms with Crippen LogP contribution in [0.1, 0.15) is 36.7 Å². The Morgan fingerprint density at radius 2 is 1.94 bits per heavy atom. The van der Waals surface area contributed by atoms with Crippen molar-refractivity contribution in [1.82, 2.24) is 9.55 Å². The van der Waals surface area contributed by atoms with Crippen LogP contribution < -0.4 is 0 Å². The van der Waals surface area contributed by atoms with Gasteiger partial charge in [-0.05, 0) is 62.1 Å². The number of nitrogens with zero attached hydrogens (tertiary/aromatic N) is 2. The number of rotatable bonds is 7. The summed E-state index contributed by atoms with van der Waals surface area (Å²) >= 11 is 1.71. The van der Waals surface area contributed by atoms with E-state index in [0.29, 0.717) is 32.7 Å². The lowest BCUT2D eigenvalue weighted by molar-refractivity contribution is -0.154. The first-order chi connectivity index (χ1) is 15.1. The van der Waals surface area contributed by atoms with Gasteiger partial charge in [0.2, 0.25) is 0 Å². The van der Waals surface area contributed by atoms with Gasteiger partial charge < -0.3 is 14.0 Å². The molecule has 5 nitrogen and oxygen atoms in total. The third kappa shape index (κ3) is 4.86. The van der Waals surface area contributed by atoms with Gasteiger partial charge >= 0.3 is 5.97 Å². The minimum atomic E-state index is -0.614. The third-order valence-electron chi connectivity index (χ3n) is 5.83. The largest absolute Gasteiger partial charge is 0.465 e. The van der Waals surface area contributed by atoms with Gasteiger partial charge in [0.15, 0.2) is 0 Å². The minimum Gasteiger partial charge on any atom is -0.465 e. The van der Waals surface area contributed by atoms with E-state index in [-0.39, 0.29) is 5.97 Å². The molecule has 0 amide bonds. The van der Waals surface area contributed by atoms with Gasteiger partial charge in [0.1, 0.15) is 5.82 Å². The number of ether oxygens (including phenoxy) is 2. The number of carbonyl (C=O) groups excluding carboxylic acids is 1. The molecule has 3 aromatic rings. The van der Waals surface area contributed by atoms with Crippen molar-refractivity contribution in [3.05, 3.63) is 77.9 Å². The van der Waals surface area contributed by atoms with E-state index in [1.54, 1.807) is 11.8 Å². The zero-order valence-corrected chi connectivity index (χ0v) is 18.9. The Hall–Kier alpha value is -2.57. The predicted octanol–water partition coefficient (Wildman–Crippen LogP) is 5.00. The van der Waals surface area contributed by atoms with Gasteiger partial charge in [-0.1, -0.05) is 36.0 Å². The molecule has 0 saturated carbocycles. The van der Waals surface area contributed by atoms with Crippen LogP contribution >= 0.6 is 11.8 Å². The van der Waals surface area contributed by atoms with Crippen molar-refractivity contribution in [1.29, 1.82) is 0 Å². The zero-order valence-electron chi connectivity index (χ0n) is 18.0. The highest BCUT2D eigenvalue weighted by atomic mass is 32.2. The highest BCUT2D eigenvalue weighted by Crippen LogP contribution is 2.39. The van der Waals surface area contributed by atoms with Gasteiger partial charge in [-0.15, -0.1) is 0 Å². The minimum absolute atomic E-state index is 0.139. The SMILES string of the molecule is CCOC(=O)C1(c2cccc(Sc3ccc(Cn4ccnc4C)cc3)c2)CCOCC1. The molecule has 162 valence electrons. The van der Waals surface area contributed by atoms with Crippen LogP contribution in [0.4, 0.5) is 0 Å². The van der Waals surface area contributed by atoms with E-state index in [1.807, 2.05) is 38.4 Å². The quantitative estimate of drug-likeness (QED) is 0.488. The predicted molar refractivity (Wildman–Crippen MR) is 121 cm³/mol. The highest BCUT2D eigenvalue weighted by Gasteiger charge is 2.43. The maximum atomic E-state index is 12.9. The molecule has 2 heterocycles. The summed E-state index contributed by atoms with van der Waals surface area (Å²) < 4.78 is 13.1. The fourth-order valence-corrected chi connectivity index (χ4v) is 4.90. The molecular formula is C25H28N2O3S. The second-order valence-corrected chi connectivity index (χ2v) is 8.94. The lowest BCUT2D eigenvalue weighted by atomic mass is 9.74. The third-order valence-corrected chi connectivity index (χ3v) is 6.83. The Morgan fingerprint density at radius 3 is 2.61 bits per heavy atom. The van der Waals surface area contributed by atoms with E-state index >= 15 is 0 Å². The molecule has 0 spiro atoms. The Labute approximate surface area is 187 Å². The lowest BCUT2D eigenvalue weighted by Gasteiger charge is -2.35. The zero-order chi connectivity index (χ0) is 21.7. The molecule has 1 aromatic heterocycles. The Balaban J connectivity index is 1.51. The number of carbonyl (C=O) groups is 1. The van der Waals surface area contributed by atoms with Crippen molar-refractivity contribution < 1.29 is 14.3 Å². The van der Waals surface area contributed by atoms with Gasteiger partial charge in [-0.25, -0.2) is 4.98 Å². The number of hydrogen-bond acceptors (Lipinski definition) is 5. The molecule has 0 aliphatic carbocycles. The van der Waals surface area contributed by atoms with Crippen LogP contribution in [0.2, 0.25) is 0 Å². The summed E-state index contributed by atoms with van der Waals surface area (Å²) in [6, 6.07) is 16.9. The second-order valence-electron chi connectivity index (χ2n) is 7.79. The Kier molecular flexibility index (Phi) is 6.78. The second kappa shape index (κ2) is 9.71. The molecule has 1 saturated heterocycles. The monoisotopic (exact) mass is 436 g/mol. The summed E-state index contributed by atoms with van der Waals surface area (Å²) in [7, 11) is 0. The van der Waals surface area contributed by atoms with E-state index in [4.69, 9.17) is 9.47 Å². The van der Waals surface area contributed by atoms with Gasteiger partial charge in [-0.3, -0.25) is 4.79 Å². The molecule has 0 atom stereocenters. The fraction of sp³-hybridized carbons (Fsp3) is 0.360. The topological polar surface area (TPSA) is 53.4 Å². The molecule has 1 fully saturated rings. The summed E-state index contributed by atoms with van der Waals surface area (Å²) in [6.45, 7) is 6.23. The maximum Gasteiger partial charge on any atom is 0.316 e. The van der Waals surface area contributed by atoms with E-state index in [9.17, 15) is 4.79 Å².